The zero-order valence-corrected chi connectivity index (χ0v) is 15.6. The van der Waals surface area contributed by atoms with Crippen LogP contribution >= 0.6 is 0 Å². The standard InChI is InChI=1S/C21H17N5O3/c1-2-29-21(28)17-13-24-26-18(8-10-23-19(17)26)14-5-3-7-16(11-14)25-20(27)15-6-4-9-22-12-15/h3-13H,2H2,1H3,(H,25,27). The van der Waals surface area contributed by atoms with Crippen molar-refractivity contribution in [2.24, 2.45) is 0 Å². The molecule has 4 aromatic rings. The Morgan fingerprint density at radius 1 is 1.10 bits per heavy atom. The van der Waals surface area contributed by atoms with Crippen LogP contribution in [0.4, 0.5) is 5.69 Å². The second-order valence-electron chi connectivity index (χ2n) is 6.12. The lowest BCUT2D eigenvalue weighted by Gasteiger charge is -2.09. The lowest BCUT2D eigenvalue weighted by Crippen LogP contribution is -2.12. The Kier molecular flexibility index (Phi) is 4.98. The van der Waals surface area contributed by atoms with Crippen molar-refractivity contribution < 1.29 is 14.3 Å². The lowest BCUT2D eigenvalue weighted by atomic mass is 10.1. The van der Waals surface area contributed by atoms with E-state index in [-0.39, 0.29) is 12.5 Å². The number of aromatic nitrogens is 4. The lowest BCUT2D eigenvalue weighted by molar-refractivity contribution is 0.0528. The largest absolute Gasteiger partial charge is 0.462 e. The van der Waals surface area contributed by atoms with Crippen LogP contribution in [0.25, 0.3) is 16.9 Å². The van der Waals surface area contributed by atoms with E-state index in [2.05, 4.69) is 20.4 Å². The van der Waals surface area contributed by atoms with Crippen molar-refractivity contribution in [1.29, 1.82) is 0 Å². The summed E-state index contributed by atoms with van der Waals surface area (Å²) in [7, 11) is 0. The molecule has 4 rings (SSSR count). The van der Waals surface area contributed by atoms with Crippen molar-refractivity contribution in [1.82, 2.24) is 19.6 Å². The molecule has 0 saturated heterocycles. The minimum atomic E-state index is -0.468. The average molecular weight is 387 g/mol. The molecule has 0 atom stereocenters. The van der Waals surface area contributed by atoms with Crippen molar-refractivity contribution in [2.45, 2.75) is 6.92 Å². The van der Waals surface area contributed by atoms with Gasteiger partial charge in [-0.15, -0.1) is 0 Å². The van der Waals surface area contributed by atoms with Gasteiger partial charge in [0.25, 0.3) is 5.91 Å². The smallest absolute Gasteiger partial charge is 0.343 e. The maximum atomic E-state index is 12.4. The van der Waals surface area contributed by atoms with Crippen LogP contribution in [0.2, 0.25) is 0 Å². The Morgan fingerprint density at radius 3 is 2.79 bits per heavy atom. The molecule has 0 fully saturated rings. The molecule has 0 spiro atoms. The highest BCUT2D eigenvalue weighted by molar-refractivity contribution is 6.04. The molecule has 0 unspecified atom stereocenters. The van der Waals surface area contributed by atoms with Gasteiger partial charge in [0.2, 0.25) is 0 Å². The predicted molar refractivity (Wildman–Crippen MR) is 107 cm³/mol. The number of nitrogens with one attached hydrogen (secondary N) is 1. The highest BCUT2D eigenvalue weighted by Crippen LogP contribution is 2.24. The zero-order chi connectivity index (χ0) is 20.2. The van der Waals surface area contributed by atoms with Gasteiger partial charge in [0, 0.05) is 29.8 Å². The number of amides is 1. The number of anilines is 1. The minimum absolute atomic E-state index is 0.251. The molecule has 3 aromatic heterocycles. The van der Waals surface area contributed by atoms with Gasteiger partial charge < -0.3 is 10.1 Å². The Labute approximate surface area is 166 Å². The van der Waals surface area contributed by atoms with Crippen molar-refractivity contribution >= 4 is 23.2 Å². The number of rotatable bonds is 5. The van der Waals surface area contributed by atoms with Crippen LogP contribution in [0.5, 0.6) is 0 Å². The first-order valence-electron chi connectivity index (χ1n) is 8.99. The number of pyridine rings is 1. The molecule has 0 bridgehead atoms. The van der Waals surface area contributed by atoms with Crippen molar-refractivity contribution in [3.8, 4) is 11.3 Å². The van der Waals surface area contributed by atoms with Crippen molar-refractivity contribution in [3.05, 3.63) is 78.4 Å². The molecule has 1 amide bonds. The van der Waals surface area contributed by atoms with Crippen LogP contribution in [-0.4, -0.2) is 38.1 Å². The molecule has 0 aliphatic heterocycles. The quantitative estimate of drug-likeness (QED) is 0.528. The summed E-state index contributed by atoms with van der Waals surface area (Å²) in [6.45, 7) is 2.02. The summed E-state index contributed by atoms with van der Waals surface area (Å²) in [5.74, 6) is -0.719. The van der Waals surface area contributed by atoms with Gasteiger partial charge in [0.05, 0.1) is 24.1 Å². The van der Waals surface area contributed by atoms with Gasteiger partial charge in [0.15, 0.2) is 5.65 Å². The second kappa shape index (κ2) is 7.89. The van der Waals surface area contributed by atoms with Gasteiger partial charge in [-0.25, -0.2) is 14.3 Å². The second-order valence-corrected chi connectivity index (χ2v) is 6.12. The van der Waals surface area contributed by atoms with Crippen LogP contribution < -0.4 is 5.32 Å². The molecule has 1 aromatic carbocycles. The number of carbonyl (C=O) groups excluding carboxylic acids is 2. The molecule has 0 saturated carbocycles. The van der Waals surface area contributed by atoms with Gasteiger partial charge in [-0.2, -0.15) is 5.10 Å². The van der Waals surface area contributed by atoms with Crippen LogP contribution in [-0.2, 0) is 4.74 Å². The fourth-order valence-electron chi connectivity index (χ4n) is 2.92. The summed E-state index contributed by atoms with van der Waals surface area (Å²) >= 11 is 0. The Hall–Kier alpha value is -4.07. The fourth-order valence-corrected chi connectivity index (χ4v) is 2.92. The third-order valence-corrected chi connectivity index (χ3v) is 4.24. The van der Waals surface area contributed by atoms with Gasteiger partial charge in [-0.05, 0) is 37.3 Å². The molecule has 1 N–H and O–H groups in total. The van der Waals surface area contributed by atoms with E-state index in [4.69, 9.17) is 4.74 Å². The van der Waals surface area contributed by atoms with Crippen LogP contribution in [0.1, 0.15) is 27.6 Å². The third kappa shape index (κ3) is 3.68. The molecular weight excluding hydrogens is 370 g/mol. The van der Waals surface area contributed by atoms with Gasteiger partial charge >= 0.3 is 5.97 Å². The highest BCUT2D eigenvalue weighted by atomic mass is 16.5. The first-order valence-corrected chi connectivity index (χ1v) is 8.99. The van der Waals surface area contributed by atoms with Gasteiger partial charge in [0.1, 0.15) is 5.56 Å². The summed E-state index contributed by atoms with van der Waals surface area (Å²) in [5.41, 5.74) is 3.33. The van der Waals surface area contributed by atoms with Crippen molar-refractivity contribution in [3.63, 3.8) is 0 Å². The summed E-state index contributed by atoms with van der Waals surface area (Å²) in [6.07, 6.45) is 6.17. The number of ether oxygens (including phenoxy) is 1. The van der Waals surface area contributed by atoms with E-state index < -0.39 is 5.97 Å². The molecule has 0 radical (unpaired) electrons. The van der Waals surface area contributed by atoms with Gasteiger partial charge in [-0.3, -0.25) is 9.78 Å². The summed E-state index contributed by atoms with van der Waals surface area (Å²) in [6, 6.07) is 12.5. The summed E-state index contributed by atoms with van der Waals surface area (Å²) in [4.78, 5) is 32.7. The van der Waals surface area contributed by atoms with Gasteiger partial charge in [-0.1, -0.05) is 12.1 Å². The Balaban J connectivity index is 1.67. The van der Waals surface area contributed by atoms with Crippen LogP contribution in [0.3, 0.4) is 0 Å². The van der Waals surface area contributed by atoms with E-state index in [1.165, 1.54) is 12.4 Å². The first-order chi connectivity index (χ1) is 14.2. The molecule has 29 heavy (non-hydrogen) atoms. The average Bonchev–Trinajstić information content (AvgIpc) is 3.19. The number of hydrogen-bond donors (Lipinski definition) is 1. The number of nitrogens with zero attached hydrogens (tertiary/aromatic N) is 4. The number of hydrogen-bond acceptors (Lipinski definition) is 6. The molecule has 144 valence electrons. The first kappa shape index (κ1) is 18.3. The molecule has 8 nitrogen and oxygen atoms in total. The summed E-state index contributed by atoms with van der Waals surface area (Å²) < 4.78 is 6.64. The molecular formula is C21H17N5O3. The maximum absolute atomic E-state index is 12.4. The van der Waals surface area contributed by atoms with E-state index in [1.54, 1.807) is 48.1 Å². The Morgan fingerprint density at radius 2 is 2.00 bits per heavy atom. The number of carbonyl (C=O) groups is 2. The van der Waals surface area contributed by atoms with Crippen LogP contribution in [0, 0.1) is 0 Å². The van der Waals surface area contributed by atoms with Crippen molar-refractivity contribution in [2.75, 3.05) is 11.9 Å². The molecule has 3 heterocycles. The molecule has 8 heteroatoms. The zero-order valence-electron chi connectivity index (χ0n) is 15.6. The highest BCUT2D eigenvalue weighted by Gasteiger charge is 2.17. The monoisotopic (exact) mass is 387 g/mol. The van der Waals surface area contributed by atoms with E-state index in [0.717, 1.165) is 11.3 Å². The molecule has 0 aliphatic rings. The van der Waals surface area contributed by atoms with Crippen LogP contribution in [0.15, 0.2) is 67.3 Å². The number of benzene rings is 1. The SMILES string of the molecule is CCOC(=O)c1cnn2c(-c3cccc(NC(=O)c4cccnc4)c3)ccnc12. The van der Waals surface area contributed by atoms with E-state index in [9.17, 15) is 9.59 Å². The third-order valence-electron chi connectivity index (χ3n) is 4.24. The maximum Gasteiger partial charge on any atom is 0.343 e. The Bertz CT molecular complexity index is 1190. The normalized spacial score (nSPS) is 10.7. The van der Waals surface area contributed by atoms with E-state index in [0.29, 0.717) is 22.5 Å². The van der Waals surface area contributed by atoms with E-state index >= 15 is 0 Å². The minimum Gasteiger partial charge on any atom is -0.462 e. The number of fused-ring (bicyclic) bond motifs is 1. The number of esters is 1. The summed E-state index contributed by atoms with van der Waals surface area (Å²) in [5, 5.41) is 7.15. The predicted octanol–water partition coefficient (Wildman–Crippen LogP) is 3.22. The fraction of sp³-hybridized carbons (Fsp3) is 0.0952. The topological polar surface area (TPSA) is 98.5 Å². The molecule has 0 aliphatic carbocycles. The van der Waals surface area contributed by atoms with E-state index in [1.807, 2.05) is 18.2 Å².